The molecule has 0 unspecified atom stereocenters. The second-order valence-electron chi connectivity index (χ2n) is 7.66. The number of benzene rings is 2. The maximum Gasteiger partial charge on any atom is 0.224 e. The molecule has 7 heteroatoms. The summed E-state index contributed by atoms with van der Waals surface area (Å²) in [5, 5.41) is 8.00. The molecule has 4 rings (SSSR count). The van der Waals surface area contributed by atoms with Crippen molar-refractivity contribution in [3.05, 3.63) is 60.0 Å². The topological polar surface area (TPSA) is 59.4 Å². The van der Waals surface area contributed by atoms with E-state index in [1.807, 2.05) is 43.3 Å². The lowest BCUT2D eigenvalue weighted by molar-refractivity contribution is -0.117. The highest BCUT2D eigenvalue weighted by Crippen LogP contribution is 2.42. The van der Waals surface area contributed by atoms with E-state index in [0.29, 0.717) is 17.9 Å². The third-order valence-corrected chi connectivity index (χ3v) is 5.52. The zero-order chi connectivity index (χ0) is 21.4. The average molecular weight is 408 g/mol. The summed E-state index contributed by atoms with van der Waals surface area (Å²) < 4.78 is 20.8. The predicted molar refractivity (Wildman–Crippen MR) is 115 cm³/mol. The molecule has 1 amide bonds. The Morgan fingerprint density at radius 1 is 1.23 bits per heavy atom. The number of amides is 1. The van der Waals surface area contributed by atoms with Crippen LogP contribution in [0.2, 0.25) is 0 Å². The van der Waals surface area contributed by atoms with Gasteiger partial charge in [-0.3, -0.25) is 9.48 Å². The number of nitrogens with one attached hydrogen (secondary N) is 1. The van der Waals surface area contributed by atoms with Crippen LogP contribution in [0.1, 0.15) is 31.9 Å². The van der Waals surface area contributed by atoms with E-state index in [4.69, 9.17) is 4.74 Å². The SMILES string of the molecule is COc1cc(F)ccc1N[C@@H]1C[C@H](C)N(C(C)=O)c2ccc(-c3ccn(C)n3)cc21. The Kier molecular flexibility index (Phi) is 5.20. The molecule has 0 spiro atoms. The number of hydrogen-bond acceptors (Lipinski definition) is 4. The lowest BCUT2D eigenvalue weighted by Gasteiger charge is -2.39. The fourth-order valence-corrected chi connectivity index (χ4v) is 4.18. The molecule has 2 aromatic carbocycles. The number of hydrogen-bond donors (Lipinski definition) is 1. The normalized spacial score (nSPS) is 18.1. The summed E-state index contributed by atoms with van der Waals surface area (Å²) in [4.78, 5) is 14.2. The van der Waals surface area contributed by atoms with Crippen molar-refractivity contribution in [2.24, 2.45) is 7.05 Å². The van der Waals surface area contributed by atoms with Crippen molar-refractivity contribution in [2.45, 2.75) is 32.4 Å². The number of methoxy groups -OCH3 is 1. The minimum atomic E-state index is -0.352. The third-order valence-electron chi connectivity index (χ3n) is 5.52. The molecular formula is C23H25FN4O2. The van der Waals surface area contributed by atoms with Crippen molar-refractivity contribution in [2.75, 3.05) is 17.3 Å². The van der Waals surface area contributed by atoms with Gasteiger partial charge < -0.3 is 15.0 Å². The van der Waals surface area contributed by atoms with Crippen LogP contribution in [0, 0.1) is 5.82 Å². The summed E-state index contributed by atoms with van der Waals surface area (Å²) in [6, 6.07) is 12.4. The van der Waals surface area contributed by atoms with Crippen LogP contribution < -0.4 is 15.0 Å². The standard InChI is InChI=1S/C23H25FN4O2/c1-14-11-21(25-20-7-6-17(24)13-23(20)30-4)18-12-16(19-9-10-27(3)26-19)5-8-22(18)28(14)15(2)29/h5-10,12-14,21,25H,11H2,1-4H3/t14-,21+/m0/s1. The van der Waals surface area contributed by atoms with Gasteiger partial charge in [-0.15, -0.1) is 0 Å². The van der Waals surface area contributed by atoms with E-state index in [9.17, 15) is 9.18 Å². The van der Waals surface area contributed by atoms with Gasteiger partial charge in [-0.05, 0) is 49.2 Å². The number of nitrogens with zero attached hydrogens (tertiary/aromatic N) is 3. The Labute approximate surface area is 175 Å². The smallest absolute Gasteiger partial charge is 0.224 e. The van der Waals surface area contributed by atoms with Crippen molar-refractivity contribution >= 4 is 17.3 Å². The number of ether oxygens (including phenoxy) is 1. The highest BCUT2D eigenvalue weighted by molar-refractivity contribution is 5.94. The lowest BCUT2D eigenvalue weighted by Crippen LogP contribution is -2.43. The summed E-state index contributed by atoms with van der Waals surface area (Å²) in [6.07, 6.45) is 2.61. The molecule has 1 aliphatic heterocycles. The summed E-state index contributed by atoms with van der Waals surface area (Å²) >= 11 is 0. The number of fused-ring (bicyclic) bond motifs is 1. The number of aryl methyl sites for hydroxylation is 1. The van der Waals surface area contributed by atoms with Crippen molar-refractivity contribution in [3.63, 3.8) is 0 Å². The fourth-order valence-electron chi connectivity index (χ4n) is 4.18. The molecule has 6 nitrogen and oxygen atoms in total. The Hall–Kier alpha value is -3.35. The molecule has 1 N–H and O–H groups in total. The van der Waals surface area contributed by atoms with Crippen LogP contribution in [0.15, 0.2) is 48.7 Å². The molecule has 2 heterocycles. The summed E-state index contributed by atoms with van der Waals surface area (Å²) in [6.45, 7) is 3.62. The van der Waals surface area contributed by atoms with Crippen LogP contribution in [0.5, 0.6) is 5.75 Å². The molecule has 0 aliphatic carbocycles. The van der Waals surface area contributed by atoms with Crippen molar-refractivity contribution in [3.8, 4) is 17.0 Å². The minimum Gasteiger partial charge on any atom is -0.494 e. The van der Waals surface area contributed by atoms with Crippen LogP contribution >= 0.6 is 0 Å². The summed E-state index contributed by atoms with van der Waals surface area (Å²) in [7, 11) is 3.40. The van der Waals surface area contributed by atoms with Gasteiger partial charge in [0.05, 0.1) is 24.5 Å². The van der Waals surface area contributed by atoms with E-state index < -0.39 is 0 Å². The van der Waals surface area contributed by atoms with Gasteiger partial charge in [0, 0.05) is 43.5 Å². The molecule has 2 atom stereocenters. The van der Waals surface area contributed by atoms with Crippen molar-refractivity contribution < 1.29 is 13.9 Å². The molecule has 3 aromatic rings. The predicted octanol–water partition coefficient (Wildman–Crippen LogP) is 4.53. The van der Waals surface area contributed by atoms with Crippen LogP contribution in [-0.2, 0) is 11.8 Å². The molecule has 0 fully saturated rings. The zero-order valence-electron chi connectivity index (χ0n) is 17.5. The molecule has 1 aliphatic rings. The maximum atomic E-state index is 13.6. The van der Waals surface area contributed by atoms with Crippen molar-refractivity contribution in [1.29, 1.82) is 0 Å². The van der Waals surface area contributed by atoms with Gasteiger partial charge in [-0.1, -0.05) is 6.07 Å². The van der Waals surface area contributed by atoms with Gasteiger partial charge in [-0.2, -0.15) is 5.10 Å². The molecule has 0 saturated carbocycles. The number of carbonyl (C=O) groups is 1. The second kappa shape index (κ2) is 7.82. The van der Waals surface area contributed by atoms with Crippen LogP contribution in [0.25, 0.3) is 11.3 Å². The van der Waals surface area contributed by atoms with E-state index in [-0.39, 0.29) is 23.8 Å². The number of anilines is 2. The summed E-state index contributed by atoms with van der Waals surface area (Å²) in [5.41, 5.74) is 4.43. The van der Waals surface area contributed by atoms with E-state index in [1.54, 1.807) is 17.7 Å². The van der Waals surface area contributed by atoms with Gasteiger partial charge in [0.15, 0.2) is 0 Å². The van der Waals surface area contributed by atoms with Crippen LogP contribution in [0.4, 0.5) is 15.8 Å². The van der Waals surface area contributed by atoms with Crippen LogP contribution in [-0.4, -0.2) is 28.8 Å². The first-order valence-corrected chi connectivity index (χ1v) is 9.91. The molecule has 0 radical (unpaired) electrons. The number of halogens is 1. The first kappa shape index (κ1) is 19.9. The van der Waals surface area contributed by atoms with E-state index in [2.05, 4.69) is 16.5 Å². The average Bonchev–Trinajstić information content (AvgIpc) is 3.15. The van der Waals surface area contributed by atoms with Crippen molar-refractivity contribution in [1.82, 2.24) is 9.78 Å². The van der Waals surface area contributed by atoms with E-state index in [0.717, 1.165) is 22.5 Å². The van der Waals surface area contributed by atoms with E-state index in [1.165, 1.54) is 19.2 Å². The minimum absolute atomic E-state index is 0.00662. The Morgan fingerprint density at radius 3 is 2.70 bits per heavy atom. The highest BCUT2D eigenvalue weighted by atomic mass is 19.1. The van der Waals surface area contributed by atoms with Gasteiger partial charge in [-0.25, -0.2) is 4.39 Å². The Morgan fingerprint density at radius 2 is 2.03 bits per heavy atom. The largest absolute Gasteiger partial charge is 0.494 e. The fraction of sp³-hybridized carbons (Fsp3) is 0.304. The first-order valence-electron chi connectivity index (χ1n) is 9.91. The van der Waals surface area contributed by atoms with Gasteiger partial charge in [0.2, 0.25) is 5.91 Å². The number of aromatic nitrogens is 2. The Bertz CT molecular complexity index is 1090. The summed E-state index contributed by atoms with van der Waals surface area (Å²) in [5.74, 6) is 0.0984. The first-order chi connectivity index (χ1) is 14.4. The van der Waals surface area contributed by atoms with E-state index >= 15 is 0 Å². The highest BCUT2D eigenvalue weighted by Gasteiger charge is 2.33. The van der Waals surface area contributed by atoms with Gasteiger partial charge in [0.1, 0.15) is 11.6 Å². The molecular weight excluding hydrogens is 383 g/mol. The third kappa shape index (κ3) is 3.63. The maximum absolute atomic E-state index is 13.6. The molecule has 30 heavy (non-hydrogen) atoms. The van der Waals surface area contributed by atoms with Crippen LogP contribution in [0.3, 0.4) is 0 Å². The second-order valence-corrected chi connectivity index (χ2v) is 7.66. The quantitative estimate of drug-likeness (QED) is 0.689. The molecule has 156 valence electrons. The molecule has 0 bridgehead atoms. The number of carbonyl (C=O) groups excluding carboxylic acids is 1. The molecule has 1 aromatic heterocycles. The number of rotatable bonds is 4. The lowest BCUT2D eigenvalue weighted by atomic mass is 9.89. The zero-order valence-corrected chi connectivity index (χ0v) is 17.5. The monoisotopic (exact) mass is 408 g/mol. The Balaban J connectivity index is 1.79. The van der Waals surface area contributed by atoms with Gasteiger partial charge >= 0.3 is 0 Å². The molecule has 0 saturated heterocycles. The van der Waals surface area contributed by atoms with Gasteiger partial charge in [0.25, 0.3) is 0 Å².